The molecule has 1 saturated heterocycles. The summed E-state index contributed by atoms with van der Waals surface area (Å²) >= 11 is 0. The summed E-state index contributed by atoms with van der Waals surface area (Å²) in [6, 6.07) is 18.3. The Labute approximate surface area is 217 Å². The molecule has 4 unspecified atom stereocenters. The van der Waals surface area contributed by atoms with Gasteiger partial charge in [0, 0.05) is 12.1 Å². The smallest absolute Gasteiger partial charge is 0.269 e. The average Bonchev–Trinajstić information content (AvgIpc) is 3.19. The molecular formula is C28H23FN4O5. The van der Waals surface area contributed by atoms with Crippen molar-refractivity contribution in [3.63, 3.8) is 0 Å². The van der Waals surface area contributed by atoms with Crippen molar-refractivity contribution in [3.05, 3.63) is 119 Å². The van der Waals surface area contributed by atoms with Crippen LogP contribution < -0.4 is 10.3 Å². The molecule has 10 heteroatoms. The van der Waals surface area contributed by atoms with Crippen molar-refractivity contribution in [2.24, 2.45) is 5.92 Å². The van der Waals surface area contributed by atoms with Crippen LogP contribution in [0.25, 0.3) is 6.08 Å². The Morgan fingerprint density at radius 1 is 0.947 bits per heavy atom. The number of rotatable bonds is 7. The lowest BCUT2D eigenvalue weighted by atomic mass is 9.92. The fourth-order valence-corrected chi connectivity index (χ4v) is 4.65. The fourth-order valence-electron chi connectivity index (χ4n) is 4.65. The molecule has 0 saturated carbocycles. The molecular weight excluding hydrogens is 491 g/mol. The van der Waals surface area contributed by atoms with Crippen LogP contribution in [0.15, 0.2) is 97.1 Å². The lowest BCUT2D eigenvalue weighted by Crippen LogP contribution is -2.57. The molecule has 0 radical (unpaired) electrons. The normalized spacial score (nSPS) is 22.1. The molecule has 0 spiro atoms. The van der Waals surface area contributed by atoms with E-state index >= 15 is 0 Å². The van der Waals surface area contributed by atoms with E-state index in [-0.39, 0.29) is 11.4 Å². The number of aliphatic hydroxyl groups is 1. The van der Waals surface area contributed by atoms with Crippen LogP contribution in [0.3, 0.4) is 0 Å². The van der Waals surface area contributed by atoms with Gasteiger partial charge in [-0.2, -0.15) is 0 Å². The standard InChI is InChI=1S/C28H23FN4O5/c29-22-8-4-5-9-23(22)30-32-24(25(34)17-12-18-10-13-20(14-11-18)33(37)38)16-15-21-26(32)28(36)31(27(21)35)19-6-2-1-3-7-19/h1-17,21,24-26,30,34H. The largest absolute Gasteiger partial charge is 0.387 e. The van der Waals surface area contributed by atoms with Crippen molar-refractivity contribution in [3.8, 4) is 0 Å². The number of nitro groups is 1. The van der Waals surface area contributed by atoms with Gasteiger partial charge < -0.3 is 10.5 Å². The Balaban J connectivity index is 1.47. The average molecular weight is 515 g/mol. The molecule has 9 nitrogen and oxygen atoms in total. The van der Waals surface area contributed by atoms with Crippen LogP contribution in [0.1, 0.15) is 5.56 Å². The minimum atomic E-state index is -1.18. The molecule has 1 fully saturated rings. The highest BCUT2D eigenvalue weighted by Crippen LogP contribution is 2.36. The van der Waals surface area contributed by atoms with Crippen molar-refractivity contribution in [1.82, 2.24) is 5.01 Å². The van der Waals surface area contributed by atoms with Gasteiger partial charge in [0.2, 0.25) is 5.91 Å². The maximum atomic E-state index is 14.6. The van der Waals surface area contributed by atoms with Gasteiger partial charge in [-0.15, -0.1) is 0 Å². The maximum Gasteiger partial charge on any atom is 0.269 e. The van der Waals surface area contributed by atoms with Gasteiger partial charge in [-0.25, -0.2) is 14.3 Å². The molecule has 0 bridgehead atoms. The van der Waals surface area contributed by atoms with Gasteiger partial charge in [0.15, 0.2) is 0 Å². The minimum Gasteiger partial charge on any atom is -0.387 e. The number of hydrogen-bond acceptors (Lipinski definition) is 7. The van der Waals surface area contributed by atoms with Crippen LogP contribution in [-0.2, 0) is 9.59 Å². The number of carbonyl (C=O) groups excluding carboxylic acids is 2. The van der Waals surface area contributed by atoms with E-state index in [0.717, 1.165) is 4.90 Å². The first-order chi connectivity index (χ1) is 18.3. The number of carbonyl (C=O) groups is 2. The summed E-state index contributed by atoms with van der Waals surface area (Å²) in [5.41, 5.74) is 3.99. The first-order valence-corrected chi connectivity index (χ1v) is 11.9. The number of nitro benzene ring substituents is 1. The predicted molar refractivity (Wildman–Crippen MR) is 139 cm³/mol. The Morgan fingerprint density at radius 3 is 2.32 bits per heavy atom. The molecule has 2 heterocycles. The van der Waals surface area contributed by atoms with Gasteiger partial charge in [0.05, 0.1) is 34.4 Å². The van der Waals surface area contributed by atoms with E-state index in [4.69, 9.17) is 0 Å². The molecule has 2 aliphatic rings. The third kappa shape index (κ3) is 4.70. The summed E-state index contributed by atoms with van der Waals surface area (Å²) in [4.78, 5) is 38.4. The molecule has 38 heavy (non-hydrogen) atoms. The number of hydrogen-bond donors (Lipinski definition) is 2. The Hall–Kier alpha value is -4.67. The van der Waals surface area contributed by atoms with Crippen LogP contribution in [0.4, 0.5) is 21.5 Å². The molecule has 3 aromatic rings. The van der Waals surface area contributed by atoms with Gasteiger partial charge in [-0.3, -0.25) is 19.7 Å². The molecule has 5 rings (SSSR count). The summed E-state index contributed by atoms with van der Waals surface area (Å²) < 4.78 is 14.6. The van der Waals surface area contributed by atoms with E-state index in [2.05, 4.69) is 5.43 Å². The lowest BCUT2D eigenvalue weighted by molar-refractivity contribution is -0.384. The Morgan fingerprint density at radius 2 is 1.63 bits per heavy atom. The number of nitrogens with zero attached hydrogens (tertiary/aromatic N) is 3. The second kappa shape index (κ2) is 10.4. The van der Waals surface area contributed by atoms with Crippen LogP contribution in [0.5, 0.6) is 0 Å². The zero-order chi connectivity index (χ0) is 26.8. The summed E-state index contributed by atoms with van der Waals surface area (Å²) in [5, 5.41) is 23.4. The number of halogens is 1. The molecule has 0 aliphatic carbocycles. The van der Waals surface area contributed by atoms with Crippen LogP contribution in [0, 0.1) is 21.8 Å². The summed E-state index contributed by atoms with van der Waals surface area (Å²) in [6.07, 6.45) is 5.09. The van der Waals surface area contributed by atoms with Crippen LogP contribution >= 0.6 is 0 Å². The summed E-state index contributed by atoms with van der Waals surface area (Å²) in [7, 11) is 0. The Bertz CT molecular complexity index is 1430. The van der Waals surface area contributed by atoms with E-state index in [0.29, 0.717) is 11.3 Å². The topological polar surface area (TPSA) is 116 Å². The number of fused-ring (bicyclic) bond motifs is 1. The monoisotopic (exact) mass is 514 g/mol. The third-order valence-electron chi connectivity index (χ3n) is 6.53. The van der Waals surface area contributed by atoms with Gasteiger partial charge in [-0.05, 0) is 42.0 Å². The van der Waals surface area contributed by atoms with Crippen LogP contribution in [-0.4, -0.2) is 45.0 Å². The second-order valence-electron chi connectivity index (χ2n) is 8.89. The molecule has 192 valence electrons. The van der Waals surface area contributed by atoms with Gasteiger partial charge >= 0.3 is 0 Å². The number of benzene rings is 3. The van der Waals surface area contributed by atoms with E-state index in [1.165, 1.54) is 41.4 Å². The van der Waals surface area contributed by atoms with Crippen molar-refractivity contribution >= 4 is 35.0 Å². The highest BCUT2D eigenvalue weighted by Gasteiger charge is 2.54. The first kappa shape index (κ1) is 25.0. The Kier molecular flexibility index (Phi) is 6.82. The van der Waals surface area contributed by atoms with Gasteiger partial charge in [0.25, 0.3) is 11.6 Å². The highest BCUT2D eigenvalue weighted by molar-refractivity contribution is 6.24. The number of non-ortho nitro benzene ring substituents is 1. The van der Waals surface area contributed by atoms with E-state index < -0.39 is 46.7 Å². The number of imide groups is 1. The number of amides is 2. The lowest BCUT2D eigenvalue weighted by Gasteiger charge is -2.40. The summed E-state index contributed by atoms with van der Waals surface area (Å²) in [6.45, 7) is 0. The van der Waals surface area contributed by atoms with Crippen LogP contribution in [0.2, 0.25) is 0 Å². The van der Waals surface area contributed by atoms with Gasteiger partial charge in [-0.1, -0.05) is 54.6 Å². The molecule has 2 aliphatic heterocycles. The molecule has 4 atom stereocenters. The van der Waals surface area contributed by atoms with Crippen molar-refractivity contribution < 1.29 is 24.0 Å². The quantitative estimate of drug-likeness (QED) is 0.212. The SMILES string of the molecule is O=C1C2C=CC(C(O)C=Cc3ccc([N+](=O)[O-])cc3)N(Nc3ccccc3F)C2C(=O)N1c1ccccc1. The molecule has 3 aromatic carbocycles. The molecule has 0 aromatic heterocycles. The first-order valence-electron chi connectivity index (χ1n) is 11.9. The third-order valence-corrected chi connectivity index (χ3v) is 6.53. The molecule has 2 amide bonds. The number of para-hydroxylation sites is 2. The second-order valence-corrected chi connectivity index (χ2v) is 8.89. The van der Waals surface area contributed by atoms with E-state index in [1.54, 1.807) is 66.8 Å². The molecule has 2 N–H and O–H groups in total. The van der Waals surface area contributed by atoms with Crippen molar-refractivity contribution in [2.45, 2.75) is 18.2 Å². The zero-order valence-electron chi connectivity index (χ0n) is 19.9. The van der Waals surface area contributed by atoms with Crippen molar-refractivity contribution in [1.29, 1.82) is 0 Å². The summed E-state index contributed by atoms with van der Waals surface area (Å²) in [5.74, 6) is -2.33. The zero-order valence-corrected chi connectivity index (χ0v) is 19.9. The number of anilines is 2. The number of nitrogens with one attached hydrogen (secondary N) is 1. The van der Waals surface area contributed by atoms with Crippen molar-refractivity contribution in [2.75, 3.05) is 10.3 Å². The fraction of sp³-hybridized carbons (Fsp3) is 0.143. The highest BCUT2D eigenvalue weighted by atomic mass is 19.1. The maximum absolute atomic E-state index is 14.6. The van der Waals surface area contributed by atoms with Gasteiger partial charge in [0.1, 0.15) is 11.9 Å². The number of aliphatic hydroxyl groups excluding tert-OH is 1. The van der Waals surface area contributed by atoms with E-state index in [9.17, 15) is 29.2 Å². The van der Waals surface area contributed by atoms with E-state index in [1.807, 2.05) is 0 Å². The minimum absolute atomic E-state index is 0.0587. The predicted octanol–water partition coefficient (Wildman–Crippen LogP) is 3.93. The number of hydrazine groups is 1.